The van der Waals surface area contributed by atoms with Crippen LogP contribution in [0.2, 0.25) is 0 Å². The molecule has 0 aliphatic rings. The number of hydrogen-bond acceptors (Lipinski definition) is 4. The first-order valence-electron chi connectivity index (χ1n) is 6.57. The summed E-state index contributed by atoms with van der Waals surface area (Å²) in [4.78, 5) is 22.0. The van der Waals surface area contributed by atoms with Gasteiger partial charge in [-0.1, -0.05) is 13.8 Å². The first kappa shape index (κ1) is 17.0. The van der Waals surface area contributed by atoms with Crippen LogP contribution >= 0.6 is 0 Å². The predicted octanol–water partition coefficient (Wildman–Crippen LogP) is 2.26. The van der Waals surface area contributed by atoms with Gasteiger partial charge in [0.15, 0.2) is 0 Å². The van der Waals surface area contributed by atoms with E-state index in [0.29, 0.717) is 12.5 Å². The van der Waals surface area contributed by atoms with Crippen LogP contribution in [0, 0.1) is 21.8 Å². The largest absolute Gasteiger partial charge is 0.388 e. The molecule has 0 radical (unpaired) electrons. The van der Waals surface area contributed by atoms with Crippen LogP contribution in [0.25, 0.3) is 0 Å². The Kier molecular flexibility index (Phi) is 5.37. The van der Waals surface area contributed by atoms with Crippen LogP contribution in [0.3, 0.4) is 0 Å². The number of aliphatic hydroxyl groups is 1. The minimum atomic E-state index is -1.11. The summed E-state index contributed by atoms with van der Waals surface area (Å²) in [7, 11) is 0. The molecular weight excluding hydrogens is 279 g/mol. The number of nitrogens with one attached hydrogen (secondary N) is 1. The normalized spacial score (nSPS) is 13.8. The second-order valence-corrected chi connectivity index (χ2v) is 5.70. The highest BCUT2D eigenvalue weighted by molar-refractivity contribution is 5.98. The van der Waals surface area contributed by atoms with E-state index in [4.69, 9.17) is 0 Å². The van der Waals surface area contributed by atoms with Crippen LogP contribution in [0.4, 0.5) is 10.1 Å². The highest BCUT2D eigenvalue weighted by atomic mass is 19.1. The molecule has 0 heterocycles. The molecule has 2 N–H and O–H groups in total. The average Bonchev–Trinajstić information content (AvgIpc) is 2.34. The summed E-state index contributed by atoms with van der Waals surface area (Å²) in [5.74, 6) is -1.27. The first-order valence-corrected chi connectivity index (χ1v) is 6.57. The maximum atomic E-state index is 13.0. The number of carbonyl (C=O) groups is 1. The van der Waals surface area contributed by atoms with Crippen molar-refractivity contribution in [3.8, 4) is 0 Å². The highest BCUT2D eigenvalue weighted by Crippen LogP contribution is 2.20. The summed E-state index contributed by atoms with van der Waals surface area (Å²) >= 11 is 0. The molecule has 21 heavy (non-hydrogen) atoms. The molecule has 116 valence electrons. The zero-order chi connectivity index (χ0) is 16.2. The average molecular weight is 298 g/mol. The molecule has 6 nitrogen and oxygen atoms in total. The van der Waals surface area contributed by atoms with Crippen molar-refractivity contribution in [1.82, 2.24) is 5.32 Å². The lowest BCUT2D eigenvalue weighted by atomic mass is 9.94. The van der Waals surface area contributed by atoms with Crippen LogP contribution in [-0.4, -0.2) is 28.1 Å². The number of nitrogens with zero attached hydrogens (tertiary/aromatic N) is 1. The maximum Gasteiger partial charge on any atom is 0.285 e. The monoisotopic (exact) mass is 298 g/mol. The fraction of sp³-hybridized carbons (Fsp3) is 0.500. The number of nitro groups is 1. The van der Waals surface area contributed by atoms with Gasteiger partial charge in [0.1, 0.15) is 11.4 Å². The van der Waals surface area contributed by atoms with E-state index in [2.05, 4.69) is 5.32 Å². The molecule has 7 heteroatoms. The van der Waals surface area contributed by atoms with Gasteiger partial charge in [-0.05, 0) is 31.4 Å². The third kappa shape index (κ3) is 5.11. The van der Waals surface area contributed by atoms with E-state index in [9.17, 15) is 24.4 Å². The second-order valence-electron chi connectivity index (χ2n) is 5.70. The fourth-order valence-electron chi connectivity index (χ4n) is 2.17. The van der Waals surface area contributed by atoms with Gasteiger partial charge in [-0.3, -0.25) is 14.9 Å². The summed E-state index contributed by atoms with van der Waals surface area (Å²) < 4.78 is 13.0. The van der Waals surface area contributed by atoms with E-state index in [1.165, 1.54) is 0 Å². The van der Waals surface area contributed by atoms with E-state index in [-0.39, 0.29) is 18.0 Å². The third-order valence-corrected chi connectivity index (χ3v) is 2.88. The molecule has 0 saturated heterocycles. The van der Waals surface area contributed by atoms with Gasteiger partial charge < -0.3 is 10.4 Å². The Morgan fingerprint density at radius 1 is 1.52 bits per heavy atom. The van der Waals surface area contributed by atoms with E-state index in [1.54, 1.807) is 6.92 Å². The second kappa shape index (κ2) is 6.62. The molecule has 0 spiro atoms. The van der Waals surface area contributed by atoms with E-state index in [1.807, 2.05) is 13.8 Å². The van der Waals surface area contributed by atoms with Gasteiger partial charge in [0.05, 0.1) is 16.6 Å². The summed E-state index contributed by atoms with van der Waals surface area (Å²) in [6.45, 7) is 5.40. The summed E-state index contributed by atoms with van der Waals surface area (Å²) in [6.07, 6.45) is 0.471. The Hall–Kier alpha value is -2.02. The molecular formula is C14H19FN2O4. The molecule has 1 atom stereocenters. The van der Waals surface area contributed by atoms with Gasteiger partial charge in [0.2, 0.25) is 0 Å². The van der Waals surface area contributed by atoms with Crippen LogP contribution < -0.4 is 5.32 Å². The molecule has 1 aromatic rings. The summed E-state index contributed by atoms with van der Waals surface area (Å²) in [5.41, 5.74) is -1.95. The standard InChI is InChI=1S/C14H19FN2O4/c1-9(2)7-14(3,19)8-16-13(18)11-5-4-10(15)6-12(11)17(20)21/h4-6,9,19H,7-8H2,1-3H3,(H,16,18). The molecule has 1 aromatic carbocycles. The van der Waals surface area contributed by atoms with Crippen LogP contribution in [0.1, 0.15) is 37.6 Å². The van der Waals surface area contributed by atoms with Crippen LogP contribution in [-0.2, 0) is 0 Å². The van der Waals surface area contributed by atoms with Crippen molar-refractivity contribution in [2.75, 3.05) is 6.54 Å². The number of amides is 1. The van der Waals surface area contributed by atoms with E-state index in [0.717, 1.165) is 12.1 Å². The Morgan fingerprint density at radius 2 is 2.14 bits per heavy atom. The Balaban J connectivity index is 2.84. The predicted molar refractivity (Wildman–Crippen MR) is 75.5 cm³/mol. The van der Waals surface area contributed by atoms with E-state index < -0.39 is 27.9 Å². The van der Waals surface area contributed by atoms with Gasteiger partial charge in [-0.25, -0.2) is 4.39 Å². The van der Waals surface area contributed by atoms with Crippen molar-refractivity contribution in [2.24, 2.45) is 5.92 Å². The van der Waals surface area contributed by atoms with Gasteiger partial charge in [0.25, 0.3) is 11.6 Å². The number of carbonyl (C=O) groups excluding carboxylic acids is 1. The molecule has 0 fully saturated rings. The lowest BCUT2D eigenvalue weighted by Gasteiger charge is -2.25. The van der Waals surface area contributed by atoms with Gasteiger partial charge in [0, 0.05) is 6.54 Å². The molecule has 1 unspecified atom stereocenters. The van der Waals surface area contributed by atoms with Crippen molar-refractivity contribution in [3.05, 3.63) is 39.7 Å². The molecule has 0 aliphatic heterocycles. The zero-order valence-corrected chi connectivity index (χ0v) is 12.2. The molecule has 0 aromatic heterocycles. The third-order valence-electron chi connectivity index (χ3n) is 2.88. The fourth-order valence-corrected chi connectivity index (χ4v) is 2.17. The highest BCUT2D eigenvalue weighted by Gasteiger charge is 2.25. The minimum Gasteiger partial charge on any atom is -0.388 e. The SMILES string of the molecule is CC(C)CC(C)(O)CNC(=O)c1ccc(F)cc1[N+](=O)[O-]. The van der Waals surface area contributed by atoms with Crippen molar-refractivity contribution >= 4 is 11.6 Å². The zero-order valence-electron chi connectivity index (χ0n) is 12.2. The number of benzene rings is 1. The number of nitro benzene ring substituents is 1. The van der Waals surface area contributed by atoms with Crippen molar-refractivity contribution in [2.45, 2.75) is 32.8 Å². The van der Waals surface area contributed by atoms with Crippen molar-refractivity contribution in [3.63, 3.8) is 0 Å². The Morgan fingerprint density at radius 3 is 2.67 bits per heavy atom. The molecule has 1 rings (SSSR count). The Bertz CT molecular complexity index is 544. The van der Waals surface area contributed by atoms with Gasteiger partial charge in [-0.15, -0.1) is 0 Å². The topological polar surface area (TPSA) is 92.5 Å². The minimum absolute atomic E-state index is 0.0431. The smallest absolute Gasteiger partial charge is 0.285 e. The van der Waals surface area contributed by atoms with Gasteiger partial charge in [-0.2, -0.15) is 0 Å². The van der Waals surface area contributed by atoms with Crippen LogP contribution in [0.15, 0.2) is 18.2 Å². The molecule has 0 saturated carbocycles. The summed E-state index contributed by atoms with van der Waals surface area (Å²) in [6, 6.07) is 2.73. The van der Waals surface area contributed by atoms with Crippen molar-refractivity contribution in [1.29, 1.82) is 0 Å². The first-order chi connectivity index (χ1) is 9.62. The molecule has 1 amide bonds. The summed E-state index contributed by atoms with van der Waals surface area (Å²) in [5, 5.41) is 23.4. The quantitative estimate of drug-likeness (QED) is 0.622. The van der Waals surface area contributed by atoms with Crippen molar-refractivity contribution < 1.29 is 19.2 Å². The molecule has 0 aliphatic carbocycles. The van der Waals surface area contributed by atoms with Gasteiger partial charge >= 0.3 is 0 Å². The maximum absolute atomic E-state index is 13.0. The number of rotatable bonds is 6. The molecule has 0 bridgehead atoms. The number of hydrogen-bond donors (Lipinski definition) is 2. The van der Waals surface area contributed by atoms with E-state index >= 15 is 0 Å². The number of halogens is 1. The lowest BCUT2D eigenvalue weighted by molar-refractivity contribution is -0.385. The Labute approximate surface area is 122 Å². The lowest BCUT2D eigenvalue weighted by Crippen LogP contribution is -2.41. The van der Waals surface area contributed by atoms with Crippen LogP contribution in [0.5, 0.6) is 0 Å².